The molecule has 16 atom stereocenters. The Balaban J connectivity index is 0.901. The molecule has 2 unspecified atom stereocenters. The maximum Gasteiger partial charge on any atom is 0.306 e. The molecule has 6 saturated carbocycles. The van der Waals surface area contributed by atoms with Crippen molar-refractivity contribution in [2.75, 3.05) is 13.2 Å². The van der Waals surface area contributed by atoms with Crippen molar-refractivity contribution in [2.45, 2.75) is 166 Å². The first-order valence-corrected chi connectivity index (χ1v) is 23.1. The molecule has 62 heavy (non-hydrogen) atoms. The van der Waals surface area contributed by atoms with Crippen molar-refractivity contribution in [1.29, 1.82) is 0 Å². The minimum atomic E-state index is -1.75. The van der Waals surface area contributed by atoms with Gasteiger partial charge in [0.05, 0.1) is 12.2 Å². The smallest absolute Gasteiger partial charge is 0.306 e. The van der Waals surface area contributed by atoms with Gasteiger partial charge in [-0.15, -0.1) is 0 Å². The average molecular weight is 867 g/mol. The Kier molecular flexibility index (Phi) is 11.6. The molecule has 0 aromatic rings. The number of carbonyl (C=O) groups is 6. The molecule has 342 valence electrons. The molecule has 0 heterocycles. The van der Waals surface area contributed by atoms with Crippen LogP contribution in [0.2, 0.25) is 0 Å². The molecule has 8 aliphatic rings. The largest absolute Gasteiger partial charge is 0.461 e. The molecule has 8 rings (SSSR count). The summed E-state index contributed by atoms with van der Waals surface area (Å²) in [7, 11) is 0. The van der Waals surface area contributed by atoms with Gasteiger partial charge >= 0.3 is 11.9 Å². The van der Waals surface area contributed by atoms with Crippen LogP contribution in [0.3, 0.4) is 0 Å². The SMILES string of the molecule is C[C@]12C[C@H](O)[C@H]3[C@@H](CCC4=CC(=O)CC(OC(=O)CCCCC(=O)OC5CC(=O)C=C6CC[C@@H]7[C@H]([C@@H](O)C[C@@]8(C)[C@H]7CC[C@]8(O)C(=O)CO)[C@]65C)[C@@]43C)[C@@H]1CC[C@]2(O)C(=O)CO. The van der Waals surface area contributed by atoms with Crippen LogP contribution in [0.15, 0.2) is 23.3 Å². The highest BCUT2D eigenvalue weighted by Crippen LogP contribution is 2.69. The number of carbonyl (C=O) groups excluding carboxylic acids is 6. The molecule has 0 radical (unpaired) electrons. The van der Waals surface area contributed by atoms with E-state index in [1.165, 1.54) is 0 Å². The zero-order valence-electron chi connectivity index (χ0n) is 36.6. The minimum absolute atomic E-state index is 0.0332. The van der Waals surface area contributed by atoms with E-state index in [1.54, 1.807) is 12.2 Å². The number of esters is 2. The zero-order chi connectivity index (χ0) is 44.9. The van der Waals surface area contributed by atoms with Gasteiger partial charge in [0.25, 0.3) is 0 Å². The number of hydrogen-bond donors (Lipinski definition) is 6. The summed E-state index contributed by atoms with van der Waals surface area (Å²) in [5.74, 6) is -3.96. The van der Waals surface area contributed by atoms with Crippen LogP contribution in [0.25, 0.3) is 0 Å². The molecule has 0 aromatic carbocycles. The van der Waals surface area contributed by atoms with E-state index >= 15 is 0 Å². The lowest BCUT2D eigenvalue weighted by atomic mass is 9.44. The molecule has 8 aliphatic carbocycles. The number of aliphatic hydroxyl groups excluding tert-OH is 4. The molecule has 14 heteroatoms. The van der Waals surface area contributed by atoms with Crippen molar-refractivity contribution in [3.8, 4) is 0 Å². The summed E-state index contributed by atoms with van der Waals surface area (Å²) in [5.41, 5.74) is -5.47. The Bertz CT molecular complexity index is 1840. The van der Waals surface area contributed by atoms with Gasteiger partial charge in [-0.2, -0.15) is 0 Å². The van der Waals surface area contributed by atoms with Gasteiger partial charge in [0.2, 0.25) is 0 Å². The van der Waals surface area contributed by atoms with E-state index in [9.17, 15) is 59.4 Å². The lowest BCUT2D eigenvalue weighted by Gasteiger charge is -2.61. The van der Waals surface area contributed by atoms with Gasteiger partial charge in [-0.25, -0.2) is 0 Å². The third-order valence-electron chi connectivity index (χ3n) is 19.0. The van der Waals surface area contributed by atoms with Crippen LogP contribution in [0.1, 0.15) is 130 Å². The van der Waals surface area contributed by atoms with Gasteiger partial charge in [-0.1, -0.05) is 38.8 Å². The number of unbranched alkanes of at least 4 members (excludes halogenated alkanes) is 1. The second kappa shape index (κ2) is 15.8. The van der Waals surface area contributed by atoms with Crippen LogP contribution < -0.4 is 0 Å². The van der Waals surface area contributed by atoms with Crippen LogP contribution in [-0.2, 0) is 38.2 Å². The summed E-state index contributed by atoms with van der Waals surface area (Å²) in [6.45, 7) is 5.99. The summed E-state index contributed by atoms with van der Waals surface area (Å²) < 4.78 is 12.3. The van der Waals surface area contributed by atoms with E-state index in [1.807, 2.05) is 27.7 Å². The minimum Gasteiger partial charge on any atom is -0.461 e. The number of fused-ring (bicyclic) bond motifs is 10. The fraction of sp³-hybridized carbons (Fsp3) is 0.792. The second-order valence-electron chi connectivity index (χ2n) is 21.4. The number of ether oxygens (including phenoxy) is 2. The van der Waals surface area contributed by atoms with Crippen LogP contribution in [0, 0.1) is 57.2 Å². The number of hydrogen-bond acceptors (Lipinski definition) is 14. The van der Waals surface area contributed by atoms with Gasteiger partial charge < -0.3 is 40.1 Å². The second-order valence-corrected chi connectivity index (χ2v) is 21.4. The predicted molar refractivity (Wildman–Crippen MR) is 219 cm³/mol. The first-order chi connectivity index (χ1) is 29.1. The number of rotatable bonds is 11. The molecule has 0 saturated heterocycles. The summed E-state index contributed by atoms with van der Waals surface area (Å²) in [4.78, 5) is 78.8. The Morgan fingerprint density at radius 2 is 1.00 bits per heavy atom. The molecule has 0 aromatic heterocycles. The van der Waals surface area contributed by atoms with Crippen molar-refractivity contribution in [3.05, 3.63) is 23.3 Å². The zero-order valence-corrected chi connectivity index (χ0v) is 36.6. The van der Waals surface area contributed by atoms with E-state index in [0.29, 0.717) is 38.5 Å². The first kappa shape index (κ1) is 45.4. The standard InChI is InChI=1S/C48H66O14/c1-43-21-33(53)41-29(31(43)13-15-47(43,59)35(55)23-49)11-9-25-17-27(51)19-37(45(25,41)3)61-39(57)7-5-6-8-40(58)62-38-20-28(52)18-26-10-12-30-32-14-16-48(60,36(56)24-50)44(32,2)22-34(54)42(30)46(26,38)4/h17-18,29-34,37-38,41-42,49-50,53-54,59-60H,5-16,19-24H2,1-4H3/t29-,30-,31-,32-,33-,34-,37?,38?,41+,42+,43-,44-,45+,46+,47-,48-/m0/s1. The fourth-order valence-electron chi connectivity index (χ4n) is 15.9. The molecule has 6 N–H and O–H groups in total. The van der Waals surface area contributed by atoms with E-state index in [2.05, 4.69) is 0 Å². The predicted octanol–water partition coefficient (Wildman–Crippen LogP) is 3.18. The van der Waals surface area contributed by atoms with Crippen molar-refractivity contribution in [1.82, 2.24) is 0 Å². The Morgan fingerprint density at radius 3 is 1.35 bits per heavy atom. The van der Waals surface area contributed by atoms with E-state index < -0.39 is 106 Å². The molecule has 0 spiro atoms. The number of ketones is 4. The van der Waals surface area contributed by atoms with Gasteiger partial charge in [0.1, 0.15) is 36.6 Å². The number of aliphatic hydroxyl groups is 6. The van der Waals surface area contributed by atoms with Crippen molar-refractivity contribution in [3.63, 3.8) is 0 Å². The third kappa shape index (κ3) is 6.45. The van der Waals surface area contributed by atoms with Crippen LogP contribution in [0.5, 0.6) is 0 Å². The third-order valence-corrected chi connectivity index (χ3v) is 19.0. The summed E-state index contributed by atoms with van der Waals surface area (Å²) in [5, 5.41) is 66.4. The lowest BCUT2D eigenvalue weighted by molar-refractivity contribution is -0.198. The molecule has 0 aliphatic heterocycles. The lowest BCUT2D eigenvalue weighted by Crippen LogP contribution is -2.64. The van der Waals surface area contributed by atoms with Crippen molar-refractivity contribution < 1.29 is 68.9 Å². The van der Waals surface area contributed by atoms with Crippen LogP contribution >= 0.6 is 0 Å². The molecule has 0 bridgehead atoms. The van der Waals surface area contributed by atoms with E-state index in [4.69, 9.17) is 9.47 Å². The quantitative estimate of drug-likeness (QED) is 0.129. The molecule has 14 nitrogen and oxygen atoms in total. The van der Waals surface area contributed by atoms with E-state index in [0.717, 1.165) is 11.1 Å². The van der Waals surface area contributed by atoms with Crippen LogP contribution in [0.4, 0.5) is 0 Å². The van der Waals surface area contributed by atoms with Crippen LogP contribution in [-0.4, -0.2) is 115 Å². The normalized spacial score (nSPS) is 46.7. The molecular weight excluding hydrogens is 801 g/mol. The Labute approximate surface area is 362 Å². The topological polar surface area (TPSA) is 242 Å². The van der Waals surface area contributed by atoms with E-state index in [-0.39, 0.29) is 99.4 Å². The first-order valence-electron chi connectivity index (χ1n) is 23.1. The Hall–Kier alpha value is -3.14. The molecule has 0 amide bonds. The van der Waals surface area contributed by atoms with Gasteiger partial charge in [-0.05, 0) is 113 Å². The summed E-state index contributed by atoms with van der Waals surface area (Å²) >= 11 is 0. The molecular formula is C48H66O14. The number of Topliss-reactive ketones (excluding diaryl/α,β-unsaturated/α-hetero) is 2. The highest BCUT2D eigenvalue weighted by molar-refractivity contribution is 5.93. The molecule has 6 fully saturated rings. The maximum atomic E-state index is 13.5. The summed E-state index contributed by atoms with van der Waals surface area (Å²) in [6.07, 6.45) is 4.14. The summed E-state index contributed by atoms with van der Waals surface area (Å²) in [6, 6.07) is 0. The van der Waals surface area contributed by atoms with Gasteiger partial charge in [0.15, 0.2) is 23.1 Å². The van der Waals surface area contributed by atoms with Gasteiger partial charge in [0, 0.05) is 59.2 Å². The average Bonchev–Trinajstić information content (AvgIpc) is 3.64. The highest BCUT2D eigenvalue weighted by Gasteiger charge is 2.71. The monoisotopic (exact) mass is 866 g/mol. The van der Waals surface area contributed by atoms with Crippen molar-refractivity contribution >= 4 is 35.1 Å². The van der Waals surface area contributed by atoms with Crippen molar-refractivity contribution in [2.24, 2.45) is 57.2 Å². The highest BCUT2D eigenvalue weighted by atomic mass is 16.5. The Morgan fingerprint density at radius 1 is 0.629 bits per heavy atom. The maximum absolute atomic E-state index is 13.5. The fourth-order valence-corrected chi connectivity index (χ4v) is 15.9. The van der Waals surface area contributed by atoms with Gasteiger partial charge in [-0.3, -0.25) is 28.8 Å².